The van der Waals surface area contributed by atoms with Crippen LogP contribution in [-0.4, -0.2) is 12.7 Å². The summed E-state index contributed by atoms with van der Waals surface area (Å²) in [6, 6.07) is 12.7. The van der Waals surface area contributed by atoms with Gasteiger partial charge in [-0.2, -0.15) is 0 Å². The van der Waals surface area contributed by atoms with E-state index in [4.69, 9.17) is 4.74 Å². The molecule has 2 aromatic rings. The van der Waals surface area contributed by atoms with E-state index < -0.39 is 0 Å². The molecule has 1 aliphatic rings. The fourth-order valence-corrected chi connectivity index (χ4v) is 3.76. The summed E-state index contributed by atoms with van der Waals surface area (Å²) < 4.78 is 5.44. The highest BCUT2D eigenvalue weighted by molar-refractivity contribution is 5.97. The van der Waals surface area contributed by atoms with Gasteiger partial charge in [0.2, 0.25) is 0 Å². The fraction of sp³-hybridized carbons (Fsp3) is 0.435. The van der Waals surface area contributed by atoms with Crippen molar-refractivity contribution in [2.45, 2.75) is 59.3 Å². The first-order valence-electron chi connectivity index (χ1n) is 9.76. The quantitative estimate of drug-likeness (QED) is 0.607. The van der Waals surface area contributed by atoms with Gasteiger partial charge in [0.1, 0.15) is 0 Å². The SMILES string of the molecule is CCOC(=O)N1c2ccc(C)cc2CCCCCCc2cc(C)ccc21. The molecule has 0 saturated heterocycles. The number of ether oxygens (including phenoxy) is 1. The molecule has 138 valence electrons. The third-order valence-corrected chi connectivity index (χ3v) is 5.04. The lowest BCUT2D eigenvalue weighted by molar-refractivity contribution is 0.162. The van der Waals surface area contributed by atoms with Crippen LogP contribution in [0.4, 0.5) is 16.2 Å². The first kappa shape index (κ1) is 18.5. The van der Waals surface area contributed by atoms with Gasteiger partial charge in [0.05, 0.1) is 18.0 Å². The molecule has 3 nitrogen and oxygen atoms in total. The molecule has 1 heterocycles. The zero-order chi connectivity index (χ0) is 18.5. The average Bonchev–Trinajstić information content (AvgIpc) is 2.64. The first-order chi connectivity index (χ1) is 12.6. The van der Waals surface area contributed by atoms with Gasteiger partial charge >= 0.3 is 6.09 Å². The van der Waals surface area contributed by atoms with Crippen LogP contribution in [0.3, 0.4) is 0 Å². The Hall–Kier alpha value is -2.29. The van der Waals surface area contributed by atoms with Crippen LogP contribution in [0.2, 0.25) is 0 Å². The van der Waals surface area contributed by atoms with Gasteiger partial charge in [0.15, 0.2) is 0 Å². The van der Waals surface area contributed by atoms with E-state index in [0.29, 0.717) is 6.61 Å². The number of anilines is 2. The maximum atomic E-state index is 12.9. The zero-order valence-electron chi connectivity index (χ0n) is 16.2. The van der Waals surface area contributed by atoms with Crippen LogP contribution in [0.25, 0.3) is 0 Å². The Bertz CT molecular complexity index is 724. The minimum absolute atomic E-state index is 0.290. The van der Waals surface area contributed by atoms with Gasteiger partial charge in [-0.15, -0.1) is 0 Å². The zero-order valence-corrected chi connectivity index (χ0v) is 16.2. The number of rotatable bonds is 1. The molecule has 0 atom stereocenters. The molecule has 0 radical (unpaired) electrons. The summed E-state index contributed by atoms with van der Waals surface area (Å²) in [5.74, 6) is 0. The second-order valence-corrected chi connectivity index (χ2v) is 7.21. The van der Waals surface area contributed by atoms with Crippen LogP contribution in [0, 0.1) is 13.8 Å². The van der Waals surface area contributed by atoms with Gasteiger partial charge in [-0.25, -0.2) is 9.69 Å². The van der Waals surface area contributed by atoms with E-state index in [9.17, 15) is 4.79 Å². The van der Waals surface area contributed by atoms with Crippen molar-refractivity contribution in [3.8, 4) is 0 Å². The van der Waals surface area contributed by atoms with E-state index >= 15 is 0 Å². The molecular formula is C23H29NO2. The summed E-state index contributed by atoms with van der Waals surface area (Å²) in [5.41, 5.74) is 6.83. The average molecular weight is 351 g/mol. The van der Waals surface area contributed by atoms with Gasteiger partial charge in [-0.1, -0.05) is 48.2 Å². The number of carbonyl (C=O) groups excluding carboxylic acids is 1. The van der Waals surface area contributed by atoms with E-state index in [1.807, 2.05) is 6.92 Å². The molecule has 0 saturated carbocycles. The Kier molecular flexibility index (Phi) is 5.97. The topological polar surface area (TPSA) is 29.5 Å². The van der Waals surface area contributed by atoms with Crippen molar-refractivity contribution >= 4 is 17.5 Å². The molecule has 3 rings (SSSR count). The van der Waals surface area contributed by atoms with E-state index in [1.54, 1.807) is 4.90 Å². The molecule has 0 aromatic heterocycles. The van der Waals surface area contributed by atoms with Crippen molar-refractivity contribution in [3.05, 3.63) is 58.7 Å². The highest BCUT2D eigenvalue weighted by Gasteiger charge is 2.24. The summed E-state index contributed by atoms with van der Waals surface area (Å²) in [6.45, 7) is 6.45. The summed E-state index contributed by atoms with van der Waals surface area (Å²) >= 11 is 0. The molecule has 0 unspecified atom stereocenters. The Labute approximate surface area is 157 Å². The normalized spacial score (nSPS) is 14.8. The Balaban J connectivity index is 2.19. The molecule has 0 aliphatic carbocycles. The van der Waals surface area contributed by atoms with Crippen LogP contribution in [-0.2, 0) is 17.6 Å². The summed E-state index contributed by atoms with van der Waals surface area (Å²) in [6.07, 6.45) is 6.47. The monoisotopic (exact) mass is 351 g/mol. The Morgan fingerprint density at radius 2 is 1.38 bits per heavy atom. The van der Waals surface area contributed by atoms with Crippen molar-refractivity contribution in [2.75, 3.05) is 11.5 Å². The molecule has 3 heteroatoms. The molecule has 0 spiro atoms. The Morgan fingerprint density at radius 3 is 1.85 bits per heavy atom. The maximum absolute atomic E-state index is 12.9. The van der Waals surface area contributed by atoms with Gasteiger partial charge in [-0.3, -0.25) is 0 Å². The third kappa shape index (κ3) is 4.09. The standard InChI is InChI=1S/C23H29NO2/c1-4-26-23(25)24-21-13-11-17(2)15-19(21)9-7-5-6-8-10-20-16-18(3)12-14-22(20)24/h11-16H,4-10H2,1-3H3. The van der Waals surface area contributed by atoms with Crippen molar-refractivity contribution in [3.63, 3.8) is 0 Å². The molecule has 0 bridgehead atoms. The number of aryl methyl sites for hydroxylation is 4. The predicted octanol–water partition coefficient (Wildman–Crippen LogP) is 6.26. The molecule has 1 aliphatic heterocycles. The van der Waals surface area contributed by atoms with Crippen molar-refractivity contribution in [1.29, 1.82) is 0 Å². The second-order valence-electron chi connectivity index (χ2n) is 7.21. The summed E-state index contributed by atoms with van der Waals surface area (Å²) in [7, 11) is 0. The fourth-order valence-electron chi connectivity index (χ4n) is 3.76. The van der Waals surface area contributed by atoms with Crippen LogP contribution in [0.5, 0.6) is 0 Å². The lowest BCUT2D eigenvalue weighted by Gasteiger charge is -2.27. The van der Waals surface area contributed by atoms with Crippen molar-refractivity contribution in [2.24, 2.45) is 0 Å². The van der Waals surface area contributed by atoms with Crippen LogP contribution in [0.15, 0.2) is 36.4 Å². The Morgan fingerprint density at radius 1 is 0.885 bits per heavy atom. The van der Waals surface area contributed by atoms with Crippen LogP contribution < -0.4 is 4.90 Å². The third-order valence-electron chi connectivity index (χ3n) is 5.04. The predicted molar refractivity (Wildman–Crippen MR) is 107 cm³/mol. The highest BCUT2D eigenvalue weighted by Crippen LogP contribution is 2.35. The number of hydrogen-bond acceptors (Lipinski definition) is 2. The van der Waals surface area contributed by atoms with E-state index in [-0.39, 0.29) is 6.09 Å². The van der Waals surface area contributed by atoms with E-state index in [2.05, 4.69) is 50.2 Å². The van der Waals surface area contributed by atoms with E-state index in [1.165, 1.54) is 35.1 Å². The van der Waals surface area contributed by atoms with Gasteiger partial charge in [-0.05, 0) is 69.7 Å². The molecular weight excluding hydrogens is 322 g/mol. The molecule has 26 heavy (non-hydrogen) atoms. The molecule has 1 amide bonds. The highest BCUT2D eigenvalue weighted by atomic mass is 16.6. The maximum Gasteiger partial charge on any atom is 0.418 e. The minimum atomic E-state index is -0.290. The second kappa shape index (κ2) is 8.39. The van der Waals surface area contributed by atoms with Gasteiger partial charge in [0, 0.05) is 0 Å². The van der Waals surface area contributed by atoms with Gasteiger partial charge in [0.25, 0.3) is 0 Å². The summed E-state index contributed by atoms with van der Waals surface area (Å²) in [5, 5.41) is 0. The largest absolute Gasteiger partial charge is 0.449 e. The number of benzene rings is 2. The molecule has 0 fully saturated rings. The van der Waals surface area contributed by atoms with Crippen LogP contribution in [0.1, 0.15) is 54.9 Å². The van der Waals surface area contributed by atoms with Gasteiger partial charge < -0.3 is 4.74 Å². The number of hydrogen-bond donors (Lipinski definition) is 0. The lowest BCUT2D eigenvalue weighted by atomic mass is 10.0. The van der Waals surface area contributed by atoms with Crippen molar-refractivity contribution in [1.82, 2.24) is 0 Å². The van der Waals surface area contributed by atoms with Crippen LogP contribution >= 0.6 is 0 Å². The number of nitrogens with zero attached hydrogens (tertiary/aromatic N) is 1. The number of carbonyl (C=O) groups is 1. The summed E-state index contributed by atoms with van der Waals surface area (Å²) in [4.78, 5) is 14.7. The van der Waals surface area contributed by atoms with Crippen molar-refractivity contribution < 1.29 is 9.53 Å². The first-order valence-corrected chi connectivity index (χ1v) is 9.76. The lowest BCUT2D eigenvalue weighted by Crippen LogP contribution is -2.28. The number of amides is 1. The molecule has 0 N–H and O–H groups in total. The minimum Gasteiger partial charge on any atom is -0.449 e. The number of fused-ring (bicyclic) bond motifs is 2. The molecule has 2 aromatic carbocycles. The smallest absolute Gasteiger partial charge is 0.418 e. The van der Waals surface area contributed by atoms with E-state index in [0.717, 1.165) is 37.1 Å².